The van der Waals surface area contributed by atoms with Gasteiger partial charge in [0, 0.05) is 39.6 Å². The van der Waals surface area contributed by atoms with Crippen LogP contribution in [0.15, 0.2) is 0 Å². The highest BCUT2D eigenvalue weighted by atomic mass is 16.5. The Morgan fingerprint density at radius 1 is 1.47 bits per heavy atom. The van der Waals surface area contributed by atoms with Gasteiger partial charge in [0.1, 0.15) is 0 Å². The Kier molecular flexibility index (Phi) is 4.91. The number of amides is 1. The number of carbonyl (C=O) groups excluding carboxylic acids is 1. The quantitative estimate of drug-likeness (QED) is 0.728. The third-order valence-corrected chi connectivity index (χ3v) is 3.33. The molecule has 0 aromatic carbocycles. The second-order valence-electron chi connectivity index (χ2n) is 5.30. The zero-order valence-corrected chi connectivity index (χ0v) is 11.0. The Morgan fingerprint density at radius 3 is 2.47 bits per heavy atom. The molecule has 0 unspecified atom stereocenters. The van der Waals surface area contributed by atoms with Gasteiger partial charge in [-0.05, 0) is 5.92 Å². The van der Waals surface area contributed by atoms with Gasteiger partial charge in [0.05, 0.1) is 11.6 Å². The minimum absolute atomic E-state index is 0.106. The molecule has 0 aliphatic carbocycles. The van der Waals surface area contributed by atoms with Crippen molar-refractivity contribution in [2.24, 2.45) is 11.7 Å². The first kappa shape index (κ1) is 14.4. The summed E-state index contributed by atoms with van der Waals surface area (Å²) in [5.41, 5.74) is 4.99. The predicted octanol–water partition coefficient (Wildman–Crippen LogP) is -0.0304. The van der Waals surface area contributed by atoms with Crippen molar-refractivity contribution in [2.75, 3.05) is 26.8 Å². The largest absolute Gasteiger partial charge is 0.388 e. The number of ether oxygens (including phenoxy) is 1. The fourth-order valence-electron chi connectivity index (χ4n) is 1.97. The monoisotopic (exact) mass is 244 g/mol. The topological polar surface area (TPSA) is 75.8 Å². The SMILES string of the molecule is CC(C)[C@H](N)C(=O)N(C)CC1(O)CCOCC1. The second kappa shape index (κ2) is 5.80. The number of rotatable bonds is 4. The highest BCUT2D eigenvalue weighted by Gasteiger charge is 2.33. The number of likely N-dealkylation sites (N-methyl/N-ethyl adjacent to an activating group) is 1. The van der Waals surface area contributed by atoms with Crippen LogP contribution >= 0.6 is 0 Å². The first-order valence-corrected chi connectivity index (χ1v) is 6.16. The van der Waals surface area contributed by atoms with E-state index in [1.54, 1.807) is 7.05 Å². The van der Waals surface area contributed by atoms with Crippen LogP contribution in [0.25, 0.3) is 0 Å². The highest BCUT2D eigenvalue weighted by molar-refractivity contribution is 5.81. The minimum atomic E-state index is -0.820. The lowest BCUT2D eigenvalue weighted by Gasteiger charge is -2.36. The molecule has 1 rings (SSSR count). The van der Waals surface area contributed by atoms with Gasteiger partial charge < -0.3 is 20.5 Å². The number of hydrogen-bond donors (Lipinski definition) is 2. The van der Waals surface area contributed by atoms with Gasteiger partial charge in [0.2, 0.25) is 5.91 Å². The molecule has 0 spiro atoms. The molecule has 17 heavy (non-hydrogen) atoms. The molecule has 0 aromatic rings. The highest BCUT2D eigenvalue weighted by Crippen LogP contribution is 2.21. The van der Waals surface area contributed by atoms with Gasteiger partial charge in [-0.1, -0.05) is 13.8 Å². The Hall–Kier alpha value is -0.650. The zero-order chi connectivity index (χ0) is 13.1. The summed E-state index contributed by atoms with van der Waals surface area (Å²) < 4.78 is 5.20. The van der Waals surface area contributed by atoms with Crippen LogP contribution in [-0.2, 0) is 9.53 Å². The van der Waals surface area contributed by atoms with E-state index in [-0.39, 0.29) is 11.8 Å². The van der Waals surface area contributed by atoms with Crippen molar-refractivity contribution >= 4 is 5.91 Å². The molecule has 1 amide bonds. The molecule has 1 aliphatic rings. The molecule has 5 heteroatoms. The summed E-state index contributed by atoms with van der Waals surface area (Å²) in [6.45, 7) is 5.26. The van der Waals surface area contributed by atoms with E-state index in [4.69, 9.17) is 10.5 Å². The van der Waals surface area contributed by atoms with Crippen molar-refractivity contribution in [3.8, 4) is 0 Å². The number of carbonyl (C=O) groups is 1. The van der Waals surface area contributed by atoms with Crippen LogP contribution in [0.5, 0.6) is 0 Å². The molecule has 1 atom stereocenters. The smallest absolute Gasteiger partial charge is 0.239 e. The van der Waals surface area contributed by atoms with Crippen molar-refractivity contribution in [3.63, 3.8) is 0 Å². The van der Waals surface area contributed by atoms with E-state index in [0.29, 0.717) is 32.6 Å². The lowest BCUT2D eigenvalue weighted by Crippen LogP contribution is -2.52. The molecule has 1 aliphatic heterocycles. The van der Waals surface area contributed by atoms with E-state index in [2.05, 4.69) is 0 Å². The number of hydrogen-bond acceptors (Lipinski definition) is 4. The van der Waals surface area contributed by atoms with Gasteiger partial charge in [-0.25, -0.2) is 0 Å². The van der Waals surface area contributed by atoms with E-state index < -0.39 is 11.6 Å². The summed E-state index contributed by atoms with van der Waals surface area (Å²) >= 11 is 0. The first-order chi connectivity index (χ1) is 7.86. The molecule has 5 nitrogen and oxygen atoms in total. The summed E-state index contributed by atoms with van der Waals surface area (Å²) in [5, 5.41) is 10.3. The van der Waals surface area contributed by atoms with E-state index in [0.717, 1.165) is 0 Å². The minimum Gasteiger partial charge on any atom is -0.388 e. The Labute approximate surface area is 103 Å². The Bertz CT molecular complexity index is 262. The molecule has 1 saturated heterocycles. The number of nitrogens with two attached hydrogens (primary N) is 1. The maximum Gasteiger partial charge on any atom is 0.239 e. The number of aliphatic hydroxyl groups is 1. The van der Waals surface area contributed by atoms with Gasteiger partial charge in [-0.3, -0.25) is 4.79 Å². The van der Waals surface area contributed by atoms with Gasteiger partial charge >= 0.3 is 0 Å². The van der Waals surface area contributed by atoms with Crippen LogP contribution in [0.2, 0.25) is 0 Å². The maximum atomic E-state index is 12.0. The molecular weight excluding hydrogens is 220 g/mol. The van der Waals surface area contributed by atoms with Crippen LogP contribution in [0, 0.1) is 5.92 Å². The van der Waals surface area contributed by atoms with Crippen molar-refractivity contribution in [2.45, 2.75) is 38.3 Å². The zero-order valence-electron chi connectivity index (χ0n) is 11.0. The van der Waals surface area contributed by atoms with Crippen molar-refractivity contribution in [1.29, 1.82) is 0 Å². The average Bonchev–Trinajstić information content (AvgIpc) is 2.27. The fraction of sp³-hybridized carbons (Fsp3) is 0.917. The predicted molar refractivity (Wildman–Crippen MR) is 65.5 cm³/mol. The summed E-state index contributed by atoms with van der Waals surface area (Å²) in [5.74, 6) is -0.00537. The Balaban J connectivity index is 2.52. The molecule has 100 valence electrons. The van der Waals surface area contributed by atoms with Crippen LogP contribution in [0.4, 0.5) is 0 Å². The standard InChI is InChI=1S/C12H24N2O3/c1-9(2)10(13)11(15)14(3)8-12(16)4-6-17-7-5-12/h9-10,16H,4-8,13H2,1-3H3/t10-/m0/s1. The van der Waals surface area contributed by atoms with E-state index in [9.17, 15) is 9.90 Å². The second-order valence-corrected chi connectivity index (χ2v) is 5.30. The summed E-state index contributed by atoms with van der Waals surface area (Å²) in [7, 11) is 1.69. The third-order valence-electron chi connectivity index (χ3n) is 3.33. The molecule has 1 fully saturated rings. The maximum absolute atomic E-state index is 12.0. The van der Waals surface area contributed by atoms with Crippen LogP contribution in [0.3, 0.4) is 0 Å². The van der Waals surface area contributed by atoms with Gasteiger partial charge in [-0.2, -0.15) is 0 Å². The molecule has 0 saturated carbocycles. The fourth-order valence-corrected chi connectivity index (χ4v) is 1.97. The lowest BCUT2D eigenvalue weighted by atomic mass is 9.93. The molecule has 0 aromatic heterocycles. The average molecular weight is 244 g/mol. The van der Waals surface area contributed by atoms with E-state index in [1.807, 2.05) is 13.8 Å². The summed E-state index contributed by atoms with van der Waals surface area (Å²) in [6, 6.07) is -0.497. The van der Waals surface area contributed by atoms with E-state index >= 15 is 0 Å². The van der Waals surface area contributed by atoms with Gasteiger partial charge in [0.15, 0.2) is 0 Å². The summed E-state index contributed by atoms with van der Waals surface area (Å²) in [6.07, 6.45) is 1.14. The molecule has 0 radical (unpaired) electrons. The van der Waals surface area contributed by atoms with Crippen LogP contribution in [-0.4, -0.2) is 54.4 Å². The van der Waals surface area contributed by atoms with Crippen LogP contribution < -0.4 is 5.73 Å². The molecule has 3 N–H and O–H groups in total. The lowest BCUT2D eigenvalue weighted by molar-refractivity contribution is -0.139. The van der Waals surface area contributed by atoms with Crippen molar-refractivity contribution in [1.82, 2.24) is 4.90 Å². The summed E-state index contributed by atoms with van der Waals surface area (Å²) in [4.78, 5) is 13.5. The number of nitrogens with zero attached hydrogens (tertiary/aromatic N) is 1. The molecule has 1 heterocycles. The first-order valence-electron chi connectivity index (χ1n) is 6.16. The van der Waals surface area contributed by atoms with Gasteiger partial charge in [0.25, 0.3) is 0 Å². The van der Waals surface area contributed by atoms with Gasteiger partial charge in [-0.15, -0.1) is 0 Å². The van der Waals surface area contributed by atoms with Crippen molar-refractivity contribution < 1.29 is 14.6 Å². The Morgan fingerprint density at radius 2 is 2.00 bits per heavy atom. The molecule has 0 bridgehead atoms. The van der Waals surface area contributed by atoms with E-state index in [1.165, 1.54) is 4.90 Å². The van der Waals surface area contributed by atoms with Crippen molar-refractivity contribution in [3.05, 3.63) is 0 Å². The van der Waals surface area contributed by atoms with Crippen LogP contribution in [0.1, 0.15) is 26.7 Å². The normalized spacial score (nSPS) is 21.3. The third kappa shape index (κ3) is 3.94. The molecular formula is C12H24N2O3.